The third-order valence-electron chi connectivity index (χ3n) is 5.77. The highest BCUT2D eigenvalue weighted by Gasteiger charge is 2.30. The van der Waals surface area contributed by atoms with E-state index in [4.69, 9.17) is 4.74 Å². The van der Waals surface area contributed by atoms with Gasteiger partial charge in [0.05, 0.1) is 44.2 Å². The number of amides is 2. The summed E-state index contributed by atoms with van der Waals surface area (Å²) in [5.41, 5.74) is 1.93. The molecule has 8 nitrogen and oxygen atoms in total. The molecule has 3 heterocycles. The van der Waals surface area contributed by atoms with Crippen LogP contribution in [0.5, 0.6) is 0 Å². The number of nitrogens with zero attached hydrogens (tertiary/aromatic N) is 4. The first-order chi connectivity index (χ1) is 13.2. The molecule has 1 saturated carbocycles. The van der Waals surface area contributed by atoms with Gasteiger partial charge in [0.1, 0.15) is 0 Å². The van der Waals surface area contributed by atoms with Crippen LogP contribution in [0.2, 0.25) is 0 Å². The Morgan fingerprint density at radius 1 is 1.15 bits per heavy atom. The predicted molar refractivity (Wildman–Crippen MR) is 98.7 cm³/mol. The van der Waals surface area contributed by atoms with Gasteiger partial charge >= 0.3 is 0 Å². The minimum atomic E-state index is 0.0156. The Kier molecular flexibility index (Phi) is 5.73. The molecular formula is C19H29N5O3. The van der Waals surface area contributed by atoms with Crippen LogP contribution in [-0.4, -0.2) is 70.8 Å². The maximum Gasteiger partial charge on any atom is 0.234 e. The second-order valence-corrected chi connectivity index (χ2v) is 7.76. The first kappa shape index (κ1) is 18.4. The lowest BCUT2D eigenvalue weighted by molar-refractivity contribution is -0.138. The molecule has 1 aromatic rings. The van der Waals surface area contributed by atoms with Crippen LogP contribution < -0.4 is 5.32 Å². The highest BCUT2D eigenvalue weighted by atomic mass is 16.5. The zero-order chi connectivity index (χ0) is 18.6. The molecule has 0 radical (unpaired) electrons. The number of hydrogen-bond acceptors (Lipinski definition) is 5. The van der Waals surface area contributed by atoms with Crippen molar-refractivity contribution in [3.8, 4) is 0 Å². The zero-order valence-electron chi connectivity index (χ0n) is 15.9. The lowest BCUT2D eigenvalue weighted by atomic mass is 9.84. The maximum absolute atomic E-state index is 12.6. The summed E-state index contributed by atoms with van der Waals surface area (Å²) in [6, 6.07) is 2.03. The van der Waals surface area contributed by atoms with E-state index in [1.54, 1.807) is 0 Å². The van der Waals surface area contributed by atoms with Crippen molar-refractivity contribution in [1.82, 2.24) is 24.9 Å². The Morgan fingerprint density at radius 2 is 1.96 bits per heavy atom. The van der Waals surface area contributed by atoms with E-state index < -0.39 is 0 Å². The van der Waals surface area contributed by atoms with E-state index in [0.717, 1.165) is 56.8 Å². The van der Waals surface area contributed by atoms with Crippen LogP contribution >= 0.6 is 0 Å². The van der Waals surface area contributed by atoms with Crippen molar-refractivity contribution in [2.45, 2.75) is 45.3 Å². The molecule has 4 rings (SSSR count). The van der Waals surface area contributed by atoms with Crippen molar-refractivity contribution in [1.29, 1.82) is 0 Å². The Morgan fingerprint density at radius 3 is 2.70 bits per heavy atom. The number of hydrogen-bond donors (Lipinski definition) is 1. The quantitative estimate of drug-likeness (QED) is 0.804. The van der Waals surface area contributed by atoms with Gasteiger partial charge in [0, 0.05) is 32.1 Å². The Balaban J connectivity index is 1.30. The molecule has 148 valence electrons. The molecule has 1 saturated heterocycles. The summed E-state index contributed by atoms with van der Waals surface area (Å²) >= 11 is 0. The van der Waals surface area contributed by atoms with Gasteiger partial charge < -0.3 is 15.0 Å². The standard InChI is InChI=1S/C19H29N5O3/c25-18(14-22-7-9-27-10-8-22)20-12-16-11-17-13-23(5-2-6-24(17)21-16)19(26)15-3-1-4-15/h11,15H,1-10,12-14H2,(H,20,25). The fourth-order valence-electron chi connectivity index (χ4n) is 3.92. The third kappa shape index (κ3) is 4.50. The molecule has 0 atom stereocenters. The van der Waals surface area contributed by atoms with Crippen LogP contribution in [0.1, 0.15) is 37.1 Å². The number of carbonyl (C=O) groups excluding carboxylic acids is 2. The highest BCUT2D eigenvalue weighted by Crippen LogP contribution is 2.29. The minimum absolute atomic E-state index is 0.0156. The summed E-state index contributed by atoms with van der Waals surface area (Å²) in [6.07, 6.45) is 4.18. The van der Waals surface area contributed by atoms with E-state index >= 15 is 0 Å². The monoisotopic (exact) mass is 375 g/mol. The first-order valence-corrected chi connectivity index (χ1v) is 10.1. The largest absolute Gasteiger partial charge is 0.379 e. The normalized spacial score (nSPS) is 21.3. The number of carbonyl (C=O) groups is 2. The minimum Gasteiger partial charge on any atom is -0.379 e. The molecule has 2 aliphatic heterocycles. The average molecular weight is 375 g/mol. The van der Waals surface area contributed by atoms with Gasteiger partial charge in [-0.3, -0.25) is 19.2 Å². The highest BCUT2D eigenvalue weighted by molar-refractivity contribution is 5.79. The second-order valence-electron chi connectivity index (χ2n) is 7.76. The molecule has 1 N–H and O–H groups in total. The molecule has 27 heavy (non-hydrogen) atoms. The van der Waals surface area contributed by atoms with Gasteiger partial charge in [-0.15, -0.1) is 0 Å². The fourth-order valence-corrected chi connectivity index (χ4v) is 3.92. The number of ether oxygens (including phenoxy) is 1. The van der Waals surface area contributed by atoms with E-state index in [-0.39, 0.29) is 11.8 Å². The van der Waals surface area contributed by atoms with Crippen molar-refractivity contribution in [2.75, 3.05) is 39.4 Å². The molecule has 0 aromatic carbocycles. The number of morpholine rings is 1. The maximum atomic E-state index is 12.6. The summed E-state index contributed by atoms with van der Waals surface area (Å²) in [5, 5.41) is 7.60. The number of nitrogens with one attached hydrogen (secondary N) is 1. The van der Waals surface area contributed by atoms with Crippen LogP contribution in [0.25, 0.3) is 0 Å². The molecule has 0 bridgehead atoms. The molecule has 2 fully saturated rings. The third-order valence-corrected chi connectivity index (χ3v) is 5.77. The molecule has 8 heteroatoms. The van der Waals surface area contributed by atoms with E-state index in [2.05, 4.69) is 15.3 Å². The van der Waals surface area contributed by atoms with Gasteiger partial charge in [0.25, 0.3) is 0 Å². The molecule has 0 spiro atoms. The number of aryl methyl sites for hydroxylation is 1. The van der Waals surface area contributed by atoms with E-state index in [1.807, 2.05) is 15.6 Å². The predicted octanol–water partition coefficient (Wildman–Crippen LogP) is 0.364. The van der Waals surface area contributed by atoms with Crippen molar-refractivity contribution >= 4 is 11.8 Å². The SMILES string of the molecule is O=C(CN1CCOCC1)NCc1cc2n(n1)CCCN(C(=O)C1CCC1)C2. The molecule has 1 aliphatic carbocycles. The number of aromatic nitrogens is 2. The number of rotatable bonds is 5. The molecule has 3 aliphatic rings. The summed E-state index contributed by atoms with van der Waals surface area (Å²) in [7, 11) is 0. The van der Waals surface area contributed by atoms with Crippen LogP contribution in [0.3, 0.4) is 0 Å². The van der Waals surface area contributed by atoms with Gasteiger partial charge in [0.15, 0.2) is 0 Å². The van der Waals surface area contributed by atoms with Crippen LogP contribution in [0.4, 0.5) is 0 Å². The van der Waals surface area contributed by atoms with Gasteiger partial charge in [-0.2, -0.15) is 5.10 Å². The Bertz CT molecular complexity index is 679. The summed E-state index contributed by atoms with van der Waals surface area (Å²) in [6.45, 7) is 6.09. The van der Waals surface area contributed by atoms with Crippen LogP contribution in [-0.2, 0) is 34.0 Å². The van der Waals surface area contributed by atoms with Crippen molar-refractivity contribution in [3.05, 3.63) is 17.5 Å². The fraction of sp³-hybridized carbons (Fsp3) is 0.737. The molecular weight excluding hydrogens is 346 g/mol. The molecule has 2 amide bonds. The Hall–Kier alpha value is -1.93. The topological polar surface area (TPSA) is 79.7 Å². The van der Waals surface area contributed by atoms with Gasteiger partial charge in [0.2, 0.25) is 11.8 Å². The Labute approximate surface area is 159 Å². The van der Waals surface area contributed by atoms with Crippen LogP contribution in [0, 0.1) is 5.92 Å². The van der Waals surface area contributed by atoms with Gasteiger partial charge in [-0.25, -0.2) is 0 Å². The van der Waals surface area contributed by atoms with Gasteiger partial charge in [-0.05, 0) is 25.3 Å². The number of fused-ring (bicyclic) bond motifs is 1. The average Bonchev–Trinajstić information content (AvgIpc) is 2.89. The van der Waals surface area contributed by atoms with E-state index in [0.29, 0.717) is 38.8 Å². The first-order valence-electron chi connectivity index (χ1n) is 10.1. The molecule has 1 aromatic heterocycles. The van der Waals surface area contributed by atoms with Crippen molar-refractivity contribution in [3.63, 3.8) is 0 Å². The molecule has 0 unspecified atom stereocenters. The van der Waals surface area contributed by atoms with E-state index in [9.17, 15) is 9.59 Å². The van der Waals surface area contributed by atoms with Gasteiger partial charge in [-0.1, -0.05) is 6.42 Å². The van der Waals surface area contributed by atoms with Crippen molar-refractivity contribution < 1.29 is 14.3 Å². The van der Waals surface area contributed by atoms with Crippen LogP contribution in [0.15, 0.2) is 6.07 Å². The van der Waals surface area contributed by atoms with E-state index in [1.165, 1.54) is 6.42 Å². The second kappa shape index (κ2) is 8.39. The lowest BCUT2D eigenvalue weighted by Gasteiger charge is -2.30. The van der Waals surface area contributed by atoms with Crippen molar-refractivity contribution in [2.24, 2.45) is 5.92 Å². The lowest BCUT2D eigenvalue weighted by Crippen LogP contribution is -2.43. The summed E-state index contributed by atoms with van der Waals surface area (Å²) < 4.78 is 7.30. The zero-order valence-corrected chi connectivity index (χ0v) is 15.9. The smallest absolute Gasteiger partial charge is 0.234 e. The summed E-state index contributed by atoms with van der Waals surface area (Å²) in [5.74, 6) is 0.552. The summed E-state index contributed by atoms with van der Waals surface area (Å²) in [4.78, 5) is 28.8.